The van der Waals surface area contributed by atoms with E-state index in [-0.39, 0.29) is 24.0 Å². The highest BCUT2D eigenvalue weighted by Crippen LogP contribution is 2.25. The molecule has 1 fully saturated rings. The highest BCUT2D eigenvalue weighted by Gasteiger charge is 2.20. The smallest absolute Gasteiger partial charge is 0.191 e. The van der Waals surface area contributed by atoms with Crippen molar-refractivity contribution >= 4 is 29.9 Å². The molecule has 2 aliphatic heterocycles. The molecule has 0 aromatic heterocycles. The van der Waals surface area contributed by atoms with Crippen molar-refractivity contribution in [3.05, 3.63) is 65.2 Å². The van der Waals surface area contributed by atoms with Crippen LogP contribution in [0.2, 0.25) is 0 Å². The predicted molar refractivity (Wildman–Crippen MR) is 134 cm³/mol. The minimum Gasteiger partial charge on any atom is -0.493 e. The molecule has 2 aromatic carbocycles. The number of guanidine groups is 1. The van der Waals surface area contributed by atoms with Gasteiger partial charge in [0.15, 0.2) is 5.96 Å². The molecule has 0 bridgehead atoms. The molecule has 5 nitrogen and oxygen atoms in total. The highest BCUT2D eigenvalue weighted by atomic mass is 127. The molecule has 4 rings (SSSR count). The molecule has 1 saturated heterocycles. The van der Waals surface area contributed by atoms with Crippen LogP contribution in [0.15, 0.2) is 53.5 Å². The molecular weight excluding hydrogens is 487 g/mol. The van der Waals surface area contributed by atoms with Crippen LogP contribution in [0.25, 0.3) is 0 Å². The van der Waals surface area contributed by atoms with Crippen LogP contribution in [0.1, 0.15) is 29.5 Å². The van der Waals surface area contributed by atoms with Gasteiger partial charge in [-0.2, -0.15) is 0 Å². The molecule has 0 saturated carbocycles. The normalized spacial score (nSPS) is 17.0. The fourth-order valence-electron chi connectivity index (χ4n) is 4.19. The van der Waals surface area contributed by atoms with Gasteiger partial charge in [-0.05, 0) is 42.0 Å². The average molecular weight is 520 g/mol. The number of aliphatic imine (C=N–C) groups is 1. The lowest BCUT2D eigenvalue weighted by Crippen LogP contribution is -2.48. The number of hydrogen-bond donors (Lipinski definition) is 2. The second kappa shape index (κ2) is 11.6. The Morgan fingerprint density at radius 1 is 1.10 bits per heavy atom. The molecule has 0 unspecified atom stereocenters. The van der Waals surface area contributed by atoms with Crippen LogP contribution in [0, 0.1) is 0 Å². The van der Waals surface area contributed by atoms with Gasteiger partial charge in [-0.1, -0.05) is 42.5 Å². The summed E-state index contributed by atoms with van der Waals surface area (Å²) in [6, 6.07) is 17.8. The Morgan fingerprint density at radius 2 is 1.90 bits per heavy atom. The molecule has 0 aliphatic carbocycles. The quantitative estimate of drug-likeness (QED) is 0.347. The maximum Gasteiger partial charge on any atom is 0.191 e. The standard InChI is InChI=1S/C24H32N4O.HI/c1-25-24(26-13-9-19-7-8-23-21(17-19)12-16-29-23)27-22-10-14-28(15-11-22)18-20-5-3-2-4-6-20;/h2-8,17,22H,9-16,18H2,1H3,(H2,25,26,27);1H. The van der Waals surface area contributed by atoms with E-state index in [0.29, 0.717) is 6.04 Å². The summed E-state index contributed by atoms with van der Waals surface area (Å²) in [5.74, 6) is 1.97. The van der Waals surface area contributed by atoms with E-state index in [9.17, 15) is 0 Å². The lowest BCUT2D eigenvalue weighted by Gasteiger charge is -2.33. The number of halogens is 1. The molecule has 0 atom stereocenters. The van der Waals surface area contributed by atoms with Crippen LogP contribution in [0.3, 0.4) is 0 Å². The number of nitrogens with zero attached hydrogens (tertiary/aromatic N) is 2. The van der Waals surface area contributed by atoms with Crippen molar-refractivity contribution in [1.82, 2.24) is 15.5 Å². The van der Waals surface area contributed by atoms with Crippen LogP contribution in [-0.2, 0) is 19.4 Å². The van der Waals surface area contributed by atoms with Gasteiger partial charge in [0.05, 0.1) is 6.61 Å². The van der Waals surface area contributed by atoms with E-state index in [0.717, 1.165) is 70.2 Å². The summed E-state index contributed by atoms with van der Waals surface area (Å²) >= 11 is 0. The number of ether oxygens (including phenoxy) is 1. The Morgan fingerprint density at radius 3 is 2.67 bits per heavy atom. The molecule has 2 N–H and O–H groups in total. The van der Waals surface area contributed by atoms with Crippen molar-refractivity contribution in [1.29, 1.82) is 0 Å². The van der Waals surface area contributed by atoms with E-state index < -0.39 is 0 Å². The molecule has 2 aliphatic rings. The predicted octanol–water partition coefficient (Wildman–Crippen LogP) is 3.61. The summed E-state index contributed by atoms with van der Waals surface area (Å²) in [5, 5.41) is 7.09. The molecule has 0 spiro atoms. The zero-order chi connectivity index (χ0) is 19.9. The molecule has 30 heavy (non-hydrogen) atoms. The van der Waals surface area contributed by atoms with Crippen molar-refractivity contribution in [2.75, 3.05) is 33.3 Å². The van der Waals surface area contributed by atoms with Gasteiger partial charge in [-0.25, -0.2) is 0 Å². The number of fused-ring (bicyclic) bond motifs is 1. The van der Waals surface area contributed by atoms with Crippen LogP contribution in [0.5, 0.6) is 5.75 Å². The third kappa shape index (κ3) is 6.35. The van der Waals surface area contributed by atoms with Crippen molar-refractivity contribution < 1.29 is 4.74 Å². The maximum atomic E-state index is 5.59. The molecule has 2 heterocycles. The Hall–Kier alpha value is -1.80. The summed E-state index contributed by atoms with van der Waals surface area (Å²) in [6.07, 6.45) is 4.32. The van der Waals surface area contributed by atoms with Gasteiger partial charge in [0.2, 0.25) is 0 Å². The molecule has 6 heteroatoms. The maximum absolute atomic E-state index is 5.59. The van der Waals surface area contributed by atoms with Crippen molar-refractivity contribution in [2.24, 2.45) is 4.99 Å². The summed E-state index contributed by atoms with van der Waals surface area (Å²) in [4.78, 5) is 6.96. The SMILES string of the molecule is CN=C(NCCc1ccc2c(c1)CCO2)NC1CCN(Cc2ccccc2)CC1.I. The number of rotatable bonds is 6. The summed E-state index contributed by atoms with van der Waals surface area (Å²) in [6.45, 7) is 5.00. The molecule has 0 radical (unpaired) electrons. The monoisotopic (exact) mass is 520 g/mol. The lowest BCUT2D eigenvalue weighted by molar-refractivity contribution is 0.198. The second-order valence-corrected chi connectivity index (χ2v) is 7.97. The lowest BCUT2D eigenvalue weighted by atomic mass is 10.0. The van der Waals surface area contributed by atoms with E-state index in [2.05, 4.69) is 69.1 Å². The minimum absolute atomic E-state index is 0. The Kier molecular flexibility index (Phi) is 8.81. The number of benzene rings is 2. The number of nitrogens with one attached hydrogen (secondary N) is 2. The first kappa shape index (κ1) is 22.9. The topological polar surface area (TPSA) is 48.9 Å². The van der Waals surface area contributed by atoms with E-state index in [1.807, 2.05) is 7.05 Å². The van der Waals surface area contributed by atoms with E-state index in [1.54, 1.807) is 0 Å². The summed E-state index contributed by atoms with van der Waals surface area (Å²) in [5.41, 5.74) is 4.09. The van der Waals surface area contributed by atoms with Crippen LogP contribution >= 0.6 is 24.0 Å². The third-order valence-electron chi connectivity index (χ3n) is 5.86. The van der Waals surface area contributed by atoms with Gasteiger partial charge in [0.25, 0.3) is 0 Å². The average Bonchev–Trinajstić information content (AvgIpc) is 3.23. The largest absolute Gasteiger partial charge is 0.493 e. The Labute approximate surface area is 197 Å². The van der Waals surface area contributed by atoms with Crippen LogP contribution in [0.4, 0.5) is 0 Å². The van der Waals surface area contributed by atoms with E-state index in [1.165, 1.54) is 16.7 Å². The molecule has 0 amide bonds. The first-order chi connectivity index (χ1) is 14.3. The number of piperidine rings is 1. The fourth-order valence-corrected chi connectivity index (χ4v) is 4.19. The van der Waals surface area contributed by atoms with Gasteiger partial charge < -0.3 is 15.4 Å². The first-order valence-electron chi connectivity index (χ1n) is 10.8. The third-order valence-corrected chi connectivity index (χ3v) is 5.86. The van der Waals surface area contributed by atoms with Gasteiger partial charge in [0.1, 0.15) is 5.75 Å². The van der Waals surface area contributed by atoms with Crippen LogP contribution in [-0.4, -0.2) is 50.2 Å². The van der Waals surface area contributed by atoms with Crippen molar-refractivity contribution in [3.8, 4) is 5.75 Å². The Bertz CT molecular complexity index is 819. The van der Waals surface area contributed by atoms with E-state index in [4.69, 9.17) is 4.74 Å². The Balaban J connectivity index is 0.00000256. The minimum atomic E-state index is 0. The molecular formula is C24H33IN4O. The summed E-state index contributed by atoms with van der Waals surface area (Å²) < 4.78 is 5.59. The fraction of sp³-hybridized carbons (Fsp3) is 0.458. The second-order valence-electron chi connectivity index (χ2n) is 7.97. The summed E-state index contributed by atoms with van der Waals surface area (Å²) in [7, 11) is 1.85. The van der Waals surface area contributed by atoms with Crippen molar-refractivity contribution in [3.63, 3.8) is 0 Å². The number of likely N-dealkylation sites (tertiary alicyclic amines) is 1. The molecule has 162 valence electrons. The van der Waals surface area contributed by atoms with E-state index >= 15 is 0 Å². The van der Waals surface area contributed by atoms with Crippen molar-refractivity contribution in [2.45, 2.75) is 38.3 Å². The highest BCUT2D eigenvalue weighted by molar-refractivity contribution is 14.0. The van der Waals surface area contributed by atoms with Gasteiger partial charge in [0, 0.05) is 45.7 Å². The zero-order valence-corrected chi connectivity index (χ0v) is 20.1. The zero-order valence-electron chi connectivity index (χ0n) is 17.8. The first-order valence-corrected chi connectivity index (χ1v) is 10.8. The van der Waals surface area contributed by atoms with Gasteiger partial charge >= 0.3 is 0 Å². The van der Waals surface area contributed by atoms with Gasteiger partial charge in [-0.3, -0.25) is 9.89 Å². The van der Waals surface area contributed by atoms with Gasteiger partial charge in [-0.15, -0.1) is 24.0 Å². The molecule has 2 aromatic rings. The van der Waals surface area contributed by atoms with Crippen LogP contribution < -0.4 is 15.4 Å². The number of hydrogen-bond acceptors (Lipinski definition) is 3.